The molecule has 0 saturated heterocycles. The molecule has 14 heavy (non-hydrogen) atoms. The van der Waals surface area contributed by atoms with Crippen molar-refractivity contribution in [3.05, 3.63) is 5.82 Å². The van der Waals surface area contributed by atoms with Crippen molar-refractivity contribution in [3.8, 4) is 0 Å². The minimum Gasteiger partial charge on any atom is -0.349 e. The van der Waals surface area contributed by atoms with Crippen LogP contribution in [0.3, 0.4) is 0 Å². The quantitative estimate of drug-likeness (QED) is 0.559. The molecule has 0 bridgehead atoms. The summed E-state index contributed by atoms with van der Waals surface area (Å²) in [5.74, 6) is 0.368. The Morgan fingerprint density at radius 1 is 1.71 bits per heavy atom. The Kier molecular flexibility index (Phi) is 3.99. The predicted molar refractivity (Wildman–Crippen MR) is 48.9 cm³/mol. The minimum absolute atomic E-state index is 0.0831. The third kappa shape index (κ3) is 3.48. The normalized spacial score (nSPS) is 12.4. The van der Waals surface area contributed by atoms with Gasteiger partial charge >= 0.3 is 0 Å². The molecule has 1 unspecified atom stereocenters. The molecule has 0 radical (unpaired) electrons. The second-order valence-electron chi connectivity index (χ2n) is 2.98. The smallest absolute Gasteiger partial charge is 0.221 e. The maximum absolute atomic E-state index is 11.2. The fourth-order valence-corrected chi connectivity index (χ4v) is 0.890. The molecule has 0 spiro atoms. The van der Waals surface area contributed by atoms with Gasteiger partial charge < -0.3 is 11.1 Å². The first-order chi connectivity index (χ1) is 6.72. The third-order valence-corrected chi connectivity index (χ3v) is 1.80. The van der Waals surface area contributed by atoms with Crippen LogP contribution in [0, 0.1) is 0 Å². The molecule has 1 aromatic heterocycles. The Morgan fingerprint density at radius 2 is 2.50 bits per heavy atom. The zero-order chi connectivity index (χ0) is 10.4. The number of aromatic amines is 1. The molecule has 7 heteroatoms. The third-order valence-electron chi connectivity index (χ3n) is 1.80. The van der Waals surface area contributed by atoms with Gasteiger partial charge in [-0.15, -0.1) is 10.2 Å². The van der Waals surface area contributed by atoms with E-state index in [0.717, 1.165) is 6.42 Å². The first kappa shape index (κ1) is 10.6. The van der Waals surface area contributed by atoms with E-state index in [2.05, 4.69) is 25.9 Å². The summed E-state index contributed by atoms with van der Waals surface area (Å²) in [6, 6.07) is -0.0831. The van der Waals surface area contributed by atoms with Crippen molar-refractivity contribution < 1.29 is 4.79 Å². The summed E-state index contributed by atoms with van der Waals surface area (Å²) in [6.07, 6.45) is 1.12. The van der Waals surface area contributed by atoms with Crippen LogP contribution >= 0.6 is 0 Å². The second kappa shape index (κ2) is 5.28. The number of H-pyrrole nitrogens is 1. The summed E-state index contributed by atoms with van der Waals surface area (Å²) < 4.78 is 0. The van der Waals surface area contributed by atoms with Gasteiger partial charge in [-0.25, -0.2) is 0 Å². The standard InChI is InChI=1S/C7H14N6O/c1-2-5(8)3-7(14)9-4-6-10-12-13-11-6/h5H,2-4,8H2,1H3,(H,9,14)(H,10,11,12,13). The number of nitrogens with one attached hydrogen (secondary N) is 2. The van der Waals surface area contributed by atoms with Crippen LogP contribution in [0.25, 0.3) is 0 Å². The van der Waals surface area contributed by atoms with E-state index in [1.54, 1.807) is 0 Å². The number of rotatable bonds is 5. The van der Waals surface area contributed by atoms with Crippen LogP contribution in [0.5, 0.6) is 0 Å². The van der Waals surface area contributed by atoms with Gasteiger partial charge in [-0.2, -0.15) is 5.21 Å². The molecular formula is C7H14N6O. The van der Waals surface area contributed by atoms with Crippen molar-refractivity contribution in [3.63, 3.8) is 0 Å². The minimum atomic E-state index is -0.0934. The van der Waals surface area contributed by atoms with E-state index in [1.165, 1.54) is 0 Å². The predicted octanol–water partition coefficient (Wildman–Crippen LogP) is -1.06. The Balaban J connectivity index is 2.22. The molecule has 0 aliphatic heterocycles. The maximum atomic E-state index is 11.2. The lowest BCUT2D eigenvalue weighted by atomic mass is 10.1. The Bertz CT molecular complexity index is 272. The zero-order valence-corrected chi connectivity index (χ0v) is 8.03. The number of hydrogen-bond donors (Lipinski definition) is 3. The van der Waals surface area contributed by atoms with Gasteiger partial charge in [0.05, 0.1) is 6.54 Å². The number of nitrogens with two attached hydrogens (primary N) is 1. The molecule has 1 aromatic rings. The van der Waals surface area contributed by atoms with Crippen LogP contribution in [0.4, 0.5) is 0 Å². The Labute approximate surface area is 81.4 Å². The van der Waals surface area contributed by atoms with Crippen LogP contribution < -0.4 is 11.1 Å². The fourth-order valence-electron chi connectivity index (χ4n) is 0.890. The molecule has 1 heterocycles. The van der Waals surface area contributed by atoms with Crippen LogP contribution in [-0.2, 0) is 11.3 Å². The molecule has 78 valence electrons. The van der Waals surface area contributed by atoms with Gasteiger partial charge in [-0.05, 0) is 6.42 Å². The molecule has 0 aromatic carbocycles. The number of nitrogens with zero attached hydrogens (tertiary/aromatic N) is 3. The highest BCUT2D eigenvalue weighted by molar-refractivity contribution is 5.76. The van der Waals surface area contributed by atoms with Crippen molar-refractivity contribution in [1.82, 2.24) is 25.9 Å². The van der Waals surface area contributed by atoms with E-state index in [1.807, 2.05) is 6.92 Å². The van der Waals surface area contributed by atoms with Gasteiger partial charge in [0.25, 0.3) is 0 Å². The molecule has 7 nitrogen and oxygen atoms in total. The van der Waals surface area contributed by atoms with Crippen molar-refractivity contribution in [2.45, 2.75) is 32.4 Å². The summed E-state index contributed by atoms with van der Waals surface area (Å²) in [7, 11) is 0. The number of carbonyl (C=O) groups is 1. The van der Waals surface area contributed by atoms with Gasteiger partial charge in [-0.3, -0.25) is 4.79 Å². The van der Waals surface area contributed by atoms with Gasteiger partial charge in [0.2, 0.25) is 5.91 Å². The van der Waals surface area contributed by atoms with Gasteiger partial charge in [0.1, 0.15) is 0 Å². The van der Waals surface area contributed by atoms with E-state index in [9.17, 15) is 4.79 Å². The zero-order valence-electron chi connectivity index (χ0n) is 8.03. The molecular weight excluding hydrogens is 184 g/mol. The van der Waals surface area contributed by atoms with E-state index >= 15 is 0 Å². The first-order valence-corrected chi connectivity index (χ1v) is 4.47. The summed E-state index contributed by atoms with van der Waals surface area (Å²) in [5.41, 5.74) is 5.61. The molecule has 1 amide bonds. The topological polar surface area (TPSA) is 110 Å². The van der Waals surface area contributed by atoms with Gasteiger partial charge in [0.15, 0.2) is 5.82 Å². The fraction of sp³-hybridized carbons (Fsp3) is 0.714. The molecule has 1 rings (SSSR count). The Hall–Kier alpha value is -1.50. The van der Waals surface area contributed by atoms with E-state index in [4.69, 9.17) is 5.73 Å². The summed E-state index contributed by atoms with van der Waals surface area (Å²) >= 11 is 0. The monoisotopic (exact) mass is 198 g/mol. The number of amides is 1. The van der Waals surface area contributed by atoms with Crippen LogP contribution in [0.2, 0.25) is 0 Å². The van der Waals surface area contributed by atoms with E-state index in [0.29, 0.717) is 12.2 Å². The average molecular weight is 198 g/mol. The van der Waals surface area contributed by atoms with Crippen molar-refractivity contribution in [2.24, 2.45) is 5.73 Å². The molecule has 1 atom stereocenters. The van der Waals surface area contributed by atoms with Crippen molar-refractivity contribution >= 4 is 5.91 Å². The largest absolute Gasteiger partial charge is 0.349 e. The number of aromatic nitrogens is 4. The highest BCUT2D eigenvalue weighted by atomic mass is 16.1. The number of tetrazole rings is 1. The van der Waals surface area contributed by atoms with E-state index < -0.39 is 0 Å². The maximum Gasteiger partial charge on any atom is 0.221 e. The summed E-state index contributed by atoms with van der Waals surface area (Å²) in [5, 5.41) is 15.7. The SMILES string of the molecule is CCC(N)CC(=O)NCc1nn[nH]n1. The first-order valence-electron chi connectivity index (χ1n) is 4.47. The number of hydrogen-bond acceptors (Lipinski definition) is 5. The van der Waals surface area contributed by atoms with Crippen LogP contribution in [0.1, 0.15) is 25.6 Å². The lowest BCUT2D eigenvalue weighted by molar-refractivity contribution is -0.121. The Morgan fingerprint density at radius 3 is 3.07 bits per heavy atom. The highest BCUT2D eigenvalue weighted by Crippen LogP contribution is 1.93. The summed E-state index contributed by atoms with van der Waals surface area (Å²) in [6.45, 7) is 2.23. The van der Waals surface area contributed by atoms with Crippen molar-refractivity contribution in [2.75, 3.05) is 0 Å². The lowest BCUT2D eigenvalue weighted by Gasteiger charge is -2.07. The highest BCUT2D eigenvalue weighted by Gasteiger charge is 2.07. The number of carbonyl (C=O) groups excluding carboxylic acids is 1. The average Bonchev–Trinajstić information content (AvgIpc) is 2.67. The molecule has 0 aliphatic rings. The van der Waals surface area contributed by atoms with Gasteiger partial charge in [-0.1, -0.05) is 12.1 Å². The van der Waals surface area contributed by atoms with Crippen molar-refractivity contribution in [1.29, 1.82) is 0 Å². The van der Waals surface area contributed by atoms with E-state index in [-0.39, 0.29) is 18.5 Å². The second-order valence-corrected chi connectivity index (χ2v) is 2.98. The van der Waals surface area contributed by atoms with Crippen LogP contribution in [0.15, 0.2) is 0 Å². The van der Waals surface area contributed by atoms with Gasteiger partial charge in [0, 0.05) is 12.5 Å². The molecule has 4 N–H and O–H groups in total. The molecule has 0 saturated carbocycles. The summed E-state index contributed by atoms with van der Waals surface area (Å²) in [4.78, 5) is 11.2. The lowest BCUT2D eigenvalue weighted by Crippen LogP contribution is -2.31. The molecule has 0 aliphatic carbocycles. The molecule has 0 fully saturated rings. The van der Waals surface area contributed by atoms with Crippen LogP contribution in [-0.4, -0.2) is 32.6 Å².